The van der Waals surface area contributed by atoms with Crippen LogP contribution < -0.4 is 5.73 Å². The Hall–Kier alpha value is -0.290. The summed E-state index contributed by atoms with van der Waals surface area (Å²) >= 11 is 8.90. The predicted octanol–water partition coefficient (Wildman–Crippen LogP) is 3.82. The van der Waals surface area contributed by atoms with Crippen LogP contribution in [0.25, 0.3) is 0 Å². The molecule has 0 aliphatic carbocycles. The van der Waals surface area contributed by atoms with E-state index in [4.69, 9.17) is 17.3 Å². The molecule has 2 rings (SSSR count). The van der Waals surface area contributed by atoms with Gasteiger partial charge in [0.15, 0.2) is 0 Å². The summed E-state index contributed by atoms with van der Waals surface area (Å²) in [5, 5.41) is -0.449. The summed E-state index contributed by atoms with van der Waals surface area (Å²) in [6.45, 7) is 2.97. The summed E-state index contributed by atoms with van der Waals surface area (Å²) < 4.78 is 0.737. The van der Waals surface area contributed by atoms with Crippen LogP contribution in [0, 0.1) is 0 Å². The molecule has 3 nitrogen and oxygen atoms in total. The van der Waals surface area contributed by atoms with E-state index in [9.17, 15) is 4.79 Å². The number of likely N-dealkylation sites (tertiary alicyclic amines) is 1. The van der Waals surface area contributed by atoms with E-state index in [1.54, 1.807) is 12.1 Å². The first-order valence-corrected chi connectivity index (χ1v) is 7.25. The fraction of sp³-hybridized carbons (Fsp3) is 0.462. The summed E-state index contributed by atoms with van der Waals surface area (Å²) in [5.74, 6) is 0. The van der Waals surface area contributed by atoms with Gasteiger partial charge in [-0.1, -0.05) is 6.42 Å². The molecule has 0 radical (unpaired) electrons. The highest BCUT2D eigenvalue weighted by Crippen LogP contribution is 2.28. The van der Waals surface area contributed by atoms with Gasteiger partial charge in [0.2, 0.25) is 0 Å². The van der Waals surface area contributed by atoms with Crippen molar-refractivity contribution < 1.29 is 4.79 Å². The van der Waals surface area contributed by atoms with Gasteiger partial charge in [-0.15, -0.1) is 12.4 Å². The number of carbonyl (C=O) groups excluding carboxylic acids is 1. The van der Waals surface area contributed by atoms with Gasteiger partial charge in [0.05, 0.1) is 5.69 Å². The summed E-state index contributed by atoms with van der Waals surface area (Å²) in [5.41, 5.74) is 8.20. The van der Waals surface area contributed by atoms with E-state index in [1.807, 2.05) is 0 Å². The van der Waals surface area contributed by atoms with E-state index >= 15 is 0 Å². The molecule has 0 spiro atoms. The third-order valence-corrected chi connectivity index (χ3v) is 4.16. The van der Waals surface area contributed by atoms with Crippen LogP contribution in [0.3, 0.4) is 0 Å². The van der Waals surface area contributed by atoms with Crippen LogP contribution in [0.4, 0.5) is 5.69 Å². The van der Waals surface area contributed by atoms with Crippen LogP contribution in [-0.4, -0.2) is 23.2 Å². The molecule has 1 aromatic carbocycles. The molecule has 1 saturated heterocycles. The second kappa shape index (κ2) is 7.48. The maximum Gasteiger partial charge on any atom is 0.252 e. The number of hydrogen-bond donors (Lipinski definition) is 1. The Balaban J connectivity index is 0.00000180. The highest BCUT2D eigenvalue weighted by molar-refractivity contribution is 9.10. The van der Waals surface area contributed by atoms with E-state index < -0.39 is 5.24 Å². The molecule has 19 heavy (non-hydrogen) atoms. The maximum absolute atomic E-state index is 11.2. The van der Waals surface area contributed by atoms with Crippen molar-refractivity contribution in [3.05, 3.63) is 27.7 Å². The molecular weight excluding hydrogens is 351 g/mol. The number of nitrogens with zero attached hydrogens (tertiary/aromatic N) is 1. The lowest BCUT2D eigenvalue weighted by Gasteiger charge is -2.27. The normalized spacial score (nSPS) is 15.9. The summed E-state index contributed by atoms with van der Waals surface area (Å²) in [4.78, 5) is 13.6. The first-order chi connectivity index (χ1) is 8.58. The largest absolute Gasteiger partial charge is 0.398 e. The monoisotopic (exact) mass is 366 g/mol. The maximum atomic E-state index is 11.2. The van der Waals surface area contributed by atoms with Crippen molar-refractivity contribution in [2.24, 2.45) is 0 Å². The van der Waals surface area contributed by atoms with Crippen molar-refractivity contribution in [2.75, 3.05) is 18.8 Å². The Labute approximate surface area is 133 Å². The van der Waals surface area contributed by atoms with Gasteiger partial charge >= 0.3 is 0 Å². The summed E-state index contributed by atoms with van der Waals surface area (Å²) in [7, 11) is 0. The lowest BCUT2D eigenvalue weighted by atomic mass is 10.1. The first kappa shape index (κ1) is 16.8. The average Bonchev–Trinajstić information content (AvgIpc) is 2.35. The highest BCUT2D eigenvalue weighted by atomic mass is 79.9. The zero-order chi connectivity index (χ0) is 13.1. The lowest BCUT2D eigenvalue weighted by molar-refractivity contribution is 0.108. The Morgan fingerprint density at radius 1 is 1.32 bits per heavy atom. The molecule has 6 heteroatoms. The highest BCUT2D eigenvalue weighted by Gasteiger charge is 2.15. The van der Waals surface area contributed by atoms with Crippen LogP contribution >= 0.6 is 39.9 Å². The molecule has 1 fully saturated rings. The fourth-order valence-electron chi connectivity index (χ4n) is 2.28. The van der Waals surface area contributed by atoms with E-state index in [0.29, 0.717) is 11.3 Å². The Morgan fingerprint density at radius 2 is 1.95 bits per heavy atom. The zero-order valence-corrected chi connectivity index (χ0v) is 13.7. The third-order valence-electron chi connectivity index (χ3n) is 3.28. The zero-order valence-electron chi connectivity index (χ0n) is 10.5. The minimum atomic E-state index is -0.449. The number of hydrogen-bond acceptors (Lipinski definition) is 3. The number of rotatable bonds is 3. The van der Waals surface area contributed by atoms with Gasteiger partial charge in [-0.3, -0.25) is 9.69 Å². The van der Waals surface area contributed by atoms with Crippen molar-refractivity contribution in [3.63, 3.8) is 0 Å². The van der Waals surface area contributed by atoms with Gasteiger partial charge in [-0.2, -0.15) is 0 Å². The van der Waals surface area contributed by atoms with Gasteiger partial charge < -0.3 is 5.73 Å². The van der Waals surface area contributed by atoms with Gasteiger partial charge in [0.25, 0.3) is 5.24 Å². The van der Waals surface area contributed by atoms with E-state index in [-0.39, 0.29) is 12.4 Å². The van der Waals surface area contributed by atoms with Crippen molar-refractivity contribution in [1.82, 2.24) is 4.90 Å². The SMILES string of the molecule is Cl.Nc1c(Br)cc(C(=O)Cl)cc1CN1CCCCC1. The van der Waals surface area contributed by atoms with E-state index in [2.05, 4.69) is 20.8 Å². The van der Waals surface area contributed by atoms with Crippen LogP contribution in [0.15, 0.2) is 16.6 Å². The number of benzene rings is 1. The molecule has 0 aromatic heterocycles. The van der Waals surface area contributed by atoms with Gasteiger partial charge in [-0.25, -0.2) is 0 Å². The molecule has 1 aromatic rings. The molecule has 1 aliphatic rings. The number of halogens is 3. The minimum Gasteiger partial charge on any atom is -0.398 e. The Morgan fingerprint density at radius 3 is 2.53 bits per heavy atom. The predicted molar refractivity (Wildman–Crippen MR) is 85.1 cm³/mol. The second-order valence-electron chi connectivity index (χ2n) is 4.64. The van der Waals surface area contributed by atoms with Gasteiger partial charge in [0.1, 0.15) is 0 Å². The molecular formula is C13H17BrCl2N2O. The first-order valence-electron chi connectivity index (χ1n) is 6.08. The van der Waals surface area contributed by atoms with Crippen molar-refractivity contribution in [3.8, 4) is 0 Å². The molecule has 1 heterocycles. The third kappa shape index (κ3) is 4.35. The van der Waals surface area contributed by atoms with Crippen LogP contribution in [-0.2, 0) is 6.54 Å². The number of anilines is 1. The molecule has 0 bridgehead atoms. The molecule has 0 saturated carbocycles. The fourth-order valence-corrected chi connectivity index (χ4v) is 2.89. The summed E-state index contributed by atoms with van der Waals surface area (Å²) in [6, 6.07) is 3.47. The summed E-state index contributed by atoms with van der Waals surface area (Å²) in [6.07, 6.45) is 3.76. The van der Waals surface area contributed by atoms with Crippen molar-refractivity contribution in [2.45, 2.75) is 25.8 Å². The number of carbonyl (C=O) groups is 1. The quantitative estimate of drug-likeness (QED) is 0.652. The topological polar surface area (TPSA) is 46.3 Å². The standard InChI is InChI=1S/C13H16BrClN2O.ClH/c14-11-7-9(13(15)18)6-10(12(11)16)8-17-4-2-1-3-5-17;/h6-7H,1-5,8,16H2;1H. The molecule has 0 unspecified atom stereocenters. The van der Waals surface area contributed by atoms with Crippen LogP contribution in [0.2, 0.25) is 0 Å². The molecule has 1 aliphatic heterocycles. The van der Waals surface area contributed by atoms with Gasteiger partial charge in [0, 0.05) is 16.6 Å². The van der Waals surface area contributed by atoms with Crippen LogP contribution in [0.5, 0.6) is 0 Å². The number of nitrogens with two attached hydrogens (primary N) is 1. The number of nitrogen functional groups attached to an aromatic ring is 1. The van der Waals surface area contributed by atoms with E-state index in [0.717, 1.165) is 29.7 Å². The average molecular weight is 368 g/mol. The molecule has 0 amide bonds. The van der Waals surface area contributed by atoms with E-state index in [1.165, 1.54) is 19.3 Å². The molecule has 106 valence electrons. The van der Waals surface area contributed by atoms with Gasteiger partial charge in [-0.05, 0) is 71.2 Å². The lowest BCUT2D eigenvalue weighted by Crippen LogP contribution is -2.29. The minimum absolute atomic E-state index is 0. The second-order valence-corrected chi connectivity index (χ2v) is 5.84. The Bertz CT molecular complexity index is 462. The smallest absolute Gasteiger partial charge is 0.252 e. The van der Waals surface area contributed by atoms with Crippen LogP contribution in [0.1, 0.15) is 35.2 Å². The van der Waals surface area contributed by atoms with Crippen molar-refractivity contribution >= 4 is 50.9 Å². The Kier molecular flexibility index (Phi) is 6.60. The number of piperidine rings is 1. The molecule has 2 N–H and O–H groups in total. The molecule has 0 atom stereocenters. The van der Waals surface area contributed by atoms with Crippen molar-refractivity contribution in [1.29, 1.82) is 0 Å².